The maximum Gasteiger partial charge on any atom is 0.308 e. The van der Waals surface area contributed by atoms with Crippen LogP contribution in [0.5, 0.6) is 0 Å². The second-order valence-electron chi connectivity index (χ2n) is 13.9. The van der Waals surface area contributed by atoms with Crippen LogP contribution in [0.25, 0.3) is 0 Å². The average molecular weight is 569 g/mol. The van der Waals surface area contributed by atoms with Crippen LogP contribution in [0.1, 0.15) is 203 Å². The van der Waals surface area contributed by atoms with Gasteiger partial charge < -0.3 is 9.59 Å². The van der Waals surface area contributed by atoms with E-state index in [0.717, 1.165) is 0 Å². The fraction of sp³-hybridized carbons (Fsp3) is 0.973. The van der Waals surface area contributed by atoms with Gasteiger partial charge in [0.1, 0.15) is 0 Å². The molecule has 0 spiro atoms. The average Bonchev–Trinajstić information content (AvgIpc) is 2.92. The number of unbranched alkanes of at least 4 members (excludes halogenated alkanes) is 20. The lowest BCUT2D eigenvalue weighted by atomic mass is 9.98. The first-order valence-electron chi connectivity index (χ1n) is 18.3. The van der Waals surface area contributed by atoms with Crippen LogP contribution in [-0.2, 0) is 4.79 Å². The summed E-state index contributed by atoms with van der Waals surface area (Å²) in [5, 5.41) is 8.25. The summed E-state index contributed by atoms with van der Waals surface area (Å²) in [6.07, 6.45) is 34.8. The second-order valence-corrected chi connectivity index (χ2v) is 13.9. The van der Waals surface area contributed by atoms with Gasteiger partial charge >= 0.3 is 5.97 Å². The van der Waals surface area contributed by atoms with E-state index < -0.39 is 11.4 Å². The van der Waals surface area contributed by atoms with Crippen molar-refractivity contribution in [2.45, 2.75) is 203 Å². The fourth-order valence-electron chi connectivity index (χ4n) is 5.58. The Labute approximate surface area is 254 Å². The van der Waals surface area contributed by atoms with Crippen LogP contribution in [0, 0.1) is 5.41 Å². The Morgan fingerprint density at radius 2 is 0.600 bits per heavy atom. The van der Waals surface area contributed by atoms with Crippen molar-refractivity contribution in [3.63, 3.8) is 0 Å². The first-order chi connectivity index (χ1) is 19.2. The molecule has 3 heteroatoms. The molecule has 1 N–H and O–H groups in total. The lowest BCUT2D eigenvalue weighted by molar-refractivity contribution is -0.929. The Hall–Kier alpha value is -0.570. The molecular weight excluding hydrogens is 490 g/mol. The molecule has 0 heterocycles. The number of hydrogen-bond donors (Lipinski definition) is 1. The summed E-state index contributed by atoms with van der Waals surface area (Å²) in [5.41, 5.74) is -0.583. The van der Waals surface area contributed by atoms with E-state index in [0.29, 0.717) is 0 Å². The Bertz CT molecular complexity index is 441. The molecule has 0 atom stereocenters. The number of quaternary nitrogens is 1. The minimum absolute atomic E-state index is 0.583. The molecule has 0 aliphatic carbocycles. The van der Waals surface area contributed by atoms with Crippen molar-refractivity contribution in [3.05, 3.63) is 0 Å². The zero-order chi connectivity index (χ0) is 30.4. The smallest absolute Gasteiger partial charge is 0.308 e. The molecule has 0 aromatic rings. The summed E-state index contributed by atoms with van der Waals surface area (Å²) in [5.74, 6) is -0.757. The van der Waals surface area contributed by atoms with Crippen molar-refractivity contribution < 1.29 is 14.4 Å². The standard InChI is InChI=1S/C32H68N.C5H10O2/c1-5-9-13-17-21-25-29-33(30-26-22-18-14-10-6-2,31-27-23-19-15-11-7-3)32-28-24-20-16-12-8-4;1-5(2,3)4(6)7/h5-32H2,1-4H3;1-3H3,(H,6,7)/q+1;. The molecule has 0 unspecified atom stereocenters. The van der Waals surface area contributed by atoms with Gasteiger partial charge in [0.2, 0.25) is 0 Å². The van der Waals surface area contributed by atoms with Crippen molar-refractivity contribution in [2.75, 3.05) is 26.2 Å². The Morgan fingerprint density at radius 3 is 0.775 bits per heavy atom. The van der Waals surface area contributed by atoms with Crippen LogP contribution in [0.4, 0.5) is 0 Å². The van der Waals surface area contributed by atoms with Crippen LogP contribution in [-0.4, -0.2) is 41.7 Å². The van der Waals surface area contributed by atoms with Gasteiger partial charge in [0, 0.05) is 0 Å². The summed E-state index contributed by atoms with van der Waals surface area (Å²) in [6, 6.07) is 0. The maximum atomic E-state index is 10.0. The highest BCUT2D eigenvalue weighted by Gasteiger charge is 2.25. The van der Waals surface area contributed by atoms with Gasteiger partial charge in [0.15, 0.2) is 0 Å². The molecule has 242 valence electrons. The molecule has 0 aromatic heterocycles. The molecule has 40 heavy (non-hydrogen) atoms. The van der Waals surface area contributed by atoms with Crippen LogP contribution in [0.3, 0.4) is 0 Å². The van der Waals surface area contributed by atoms with Gasteiger partial charge in [-0.3, -0.25) is 4.79 Å². The third-order valence-electron chi connectivity index (χ3n) is 8.59. The van der Waals surface area contributed by atoms with E-state index >= 15 is 0 Å². The van der Waals surface area contributed by atoms with E-state index in [1.807, 2.05) is 0 Å². The molecule has 0 aromatic carbocycles. The molecule has 0 saturated carbocycles. The third kappa shape index (κ3) is 28.9. The van der Waals surface area contributed by atoms with Crippen molar-refractivity contribution in [1.29, 1.82) is 0 Å². The monoisotopic (exact) mass is 569 g/mol. The van der Waals surface area contributed by atoms with Gasteiger partial charge in [0.25, 0.3) is 0 Å². The lowest BCUT2D eigenvalue weighted by Crippen LogP contribution is -2.50. The van der Waals surface area contributed by atoms with Crippen molar-refractivity contribution in [2.24, 2.45) is 5.41 Å². The van der Waals surface area contributed by atoms with Gasteiger partial charge in [-0.05, 0) is 72.1 Å². The second kappa shape index (κ2) is 29.9. The van der Waals surface area contributed by atoms with Crippen LogP contribution >= 0.6 is 0 Å². The number of carboxylic acid groups (broad SMARTS) is 1. The zero-order valence-electron chi connectivity index (χ0n) is 29.1. The van der Waals surface area contributed by atoms with Gasteiger partial charge in [0.05, 0.1) is 31.6 Å². The molecule has 0 amide bonds. The van der Waals surface area contributed by atoms with Gasteiger partial charge in [-0.15, -0.1) is 0 Å². The van der Waals surface area contributed by atoms with Gasteiger partial charge in [-0.1, -0.05) is 130 Å². The molecule has 0 radical (unpaired) electrons. The Balaban J connectivity index is 0. The quantitative estimate of drug-likeness (QED) is 0.0752. The van der Waals surface area contributed by atoms with E-state index in [-0.39, 0.29) is 0 Å². The fourth-order valence-corrected chi connectivity index (χ4v) is 5.58. The molecule has 0 aliphatic heterocycles. The predicted octanol–water partition coefficient (Wildman–Crippen LogP) is 12.4. The zero-order valence-corrected chi connectivity index (χ0v) is 29.1. The topological polar surface area (TPSA) is 37.3 Å². The van der Waals surface area contributed by atoms with Gasteiger partial charge in [-0.25, -0.2) is 0 Å². The van der Waals surface area contributed by atoms with E-state index in [4.69, 9.17) is 5.11 Å². The van der Waals surface area contributed by atoms with Crippen molar-refractivity contribution in [3.8, 4) is 0 Å². The molecule has 0 aliphatic rings. The molecule has 0 saturated heterocycles. The number of nitrogens with zero attached hydrogens (tertiary/aromatic N) is 1. The van der Waals surface area contributed by atoms with Crippen molar-refractivity contribution >= 4 is 5.97 Å². The summed E-state index contributed by atoms with van der Waals surface area (Å²) in [7, 11) is 0. The number of aliphatic carboxylic acids is 1. The van der Waals surface area contributed by atoms with Gasteiger partial charge in [-0.2, -0.15) is 0 Å². The minimum atomic E-state index is -0.757. The molecule has 0 fully saturated rings. The van der Waals surface area contributed by atoms with Crippen LogP contribution in [0.15, 0.2) is 0 Å². The number of rotatable bonds is 28. The minimum Gasteiger partial charge on any atom is -0.481 e. The summed E-state index contributed by atoms with van der Waals surface area (Å²) < 4.78 is 1.48. The highest BCUT2D eigenvalue weighted by atomic mass is 16.4. The Kier molecular flexibility index (Phi) is 31.1. The number of carbonyl (C=O) groups is 1. The molecule has 0 bridgehead atoms. The summed E-state index contributed by atoms with van der Waals surface area (Å²) in [6.45, 7) is 20.2. The SMILES string of the molecule is CC(C)(C)C(=O)O.CCCCCCCC[N+](CCCCCCCC)(CCCCCCCC)CCCCCCCC. The summed E-state index contributed by atoms with van der Waals surface area (Å²) in [4.78, 5) is 10.0. The molecule has 3 nitrogen and oxygen atoms in total. The van der Waals surface area contributed by atoms with E-state index in [2.05, 4.69) is 27.7 Å². The van der Waals surface area contributed by atoms with E-state index in [9.17, 15) is 4.79 Å². The van der Waals surface area contributed by atoms with E-state index in [1.165, 1.54) is 185 Å². The summed E-state index contributed by atoms with van der Waals surface area (Å²) >= 11 is 0. The maximum absolute atomic E-state index is 10.0. The normalized spacial score (nSPS) is 11.9. The third-order valence-corrected chi connectivity index (χ3v) is 8.59. The van der Waals surface area contributed by atoms with Crippen LogP contribution in [0.2, 0.25) is 0 Å². The lowest BCUT2D eigenvalue weighted by Gasteiger charge is -2.40. The largest absolute Gasteiger partial charge is 0.481 e. The first kappa shape index (κ1) is 41.6. The van der Waals surface area contributed by atoms with E-state index in [1.54, 1.807) is 20.8 Å². The number of hydrogen-bond acceptors (Lipinski definition) is 1. The Morgan fingerprint density at radius 1 is 0.425 bits per heavy atom. The predicted molar refractivity (Wildman–Crippen MR) is 180 cm³/mol. The number of carboxylic acids is 1. The highest BCUT2D eigenvalue weighted by Crippen LogP contribution is 2.21. The first-order valence-corrected chi connectivity index (χ1v) is 18.3. The highest BCUT2D eigenvalue weighted by molar-refractivity contribution is 5.72. The molecular formula is C37H78NO2+. The molecule has 0 rings (SSSR count). The van der Waals surface area contributed by atoms with Crippen LogP contribution < -0.4 is 0 Å². The van der Waals surface area contributed by atoms with Crippen molar-refractivity contribution in [1.82, 2.24) is 0 Å².